The first kappa shape index (κ1) is 13.3. The predicted octanol–water partition coefficient (Wildman–Crippen LogP) is 2.98. The van der Waals surface area contributed by atoms with Gasteiger partial charge in [-0.05, 0) is 31.0 Å². The molecule has 0 aromatic heterocycles. The minimum Gasteiger partial charge on any atom is -0.312 e. The second kappa shape index (κ2) is 7.34. The lowest BCUT2D eigenvalue weighted by molar-refractivity contribution is 0.604. The molecular weight excluding hydrogens is 246 g/mol. The molecule has 3 heteroatoms. The highest BCUT2D eigenvalue weighted by molar-refractivity contribution is 8.03. The van der Waals surface area contributed by atoms with E-state index in [1.807, 2.05) is 0 Å². The summed E-state index contributed by atoms with van der Waals surface area (Å²) in [7, 11) is 0. The van der Waals surface area contributed by atoms with Crippen LogP contribution in [0.5, 0.6) is 0 Å². The van der Waals surface area contributed by atoms with Gasteiger partial charge in [-0.15, -0.1) is 0 Å². The molecule has 1 aromatic rings. The summed E-state index contributed by atoms with van der Waals surface area (Å²) in [6.45, 7) is 3.31. The van der Waals surface area contributed by atoms with Gasteiger partial charge in [0.1, 0.15) is 0 Å². The highest BCUT2D eigenvalue weighted by atomic mass is 32.2. The van der Waals surface area contributed by atoms with Crippen LogP contribution in [0.15, 0.2) is 24.3 Å². The molecule has 1 nitrogen and oxygen atoms in total. The van der Waals surface area contributed by atoms with E-state index in [-0.39, 0.29) is 0 Å². The van der Waals surface area contributed by atoms with Crippen molar-refractivity contribution in [1.82, 2.24) is 5.32 Å². The third kappa shape index (κ3) is 4.57. The van der Waals surface area contributed by atoms with Crippen molar-refractivity contribution in [2.24, 2.45) is 0 Å². The van der Waals surface area contributed by atoms with Crippen molar-refractivity contribution in [3.05, 3.63) is 35.4 Å². The van der Waals surface area contributed by atoms with E-state index in [1.54, 1.807) is 0 Å². The van der Waals surface area contributed by atoms with E-state index in [4.69, 9.17) is 0 Å². The molecule has 1 aliphatic rings. The molecule has 0 saturated carbocycles. The zero-order valence-electron chi connectivity index (χ0n) is 10.4. The number of hydrogen-bond donors (Lipinski definition) is 1. The lowest BCUT2D eigenvalue weighted by Gasteiger charge is -2.15. The standard InChI is InChI=1S/C14H21NS2/c1-12-4-2-3-5-13(12)6-7-15-14-10-16-8-9-17-11-14/h2-5,14-15H,6-11H2,1H3. The SMILES string of the molecule is Cc1ccccc1CCNC1CSCCSC1. The number of aryl methyl sites for hydroxylation is 1. The Morgan fingerprint density at radius 3 is 2.59 bits per heavy atom. The second-order valence-electron chi connectivity index (χ2n) is 4.48. The van der Waals surface area contributed by atoms with Crippen LogP contribution in [-0.2, 0) is 6.42 Å². The van der Waals surface area contributed by atoms with Crippen LogP contribution in [0.25, 0.3) is 0 Å². The highest BCUT2D eigenvalue weighted by Gasteiger charge is 2.11. The van der Waals surface area contributed by atoms with Crippen molar-refractivity contribution in [2.45, 2.75) is 19.4 Å². The zero-order chi connectivity index (χ0) is 11.9. The van der Waals surface area contributed by atoms with Gasteiger partial charge >= 0.3 is 0 Å². The molecule has 0 bridgehead atoms. The van der Waals surface area contributed by atoms with E-state index in [0.29, 0.717) is 6.04 Å². The number of benzene rings is 1. The molecule has 0 atom stereocenters. The van der Waals surface area contributed by atoms with Crippen LogP contribution in [0.2, 0.25) is 0 Å². The van der Waals surface area contributed by atoms with Crippen LogP contribution in [0, 0.1) is 6.92 Å². The molecule has 17 heavy (non-hydrogen) atoms. The van der Waals surface area contributed by atoms with E-state index >= 15 is 0 Å². The maximum atomic E-state index is 3.70. The van der Waals surface area contributed by atoms with E-state index in [9.17, 15) is 0 Å². The number of thioether (sulfide) groups is 2. The van der Waals surface area contributed by atoms with Gasteiger partial charge in [-0.1, -0.05) is 24.3 Å². The summed E-state index contributed by atoms with van der Waals surface area (Å²) in [5.41, 5.74) is 2.90. The van der Waals surface area contributed by atoms with Crippen molar-refractivity contribution in [2.75, 3.05) is 29.6 Å². The Morgan fingerprint density at radius 1 is 1.18 bits per heavy atom. The Bertz CT molecular complexity index is 333. The molecule has 0 amide bonds. The molecule has 1 fully saturated rings. The van der Waals surface area contributed by atoms with E-state index < -0.39 is 0 Å². The van der Waals surface area contributed by atoms with Crippen molar-refractivity contribution < 1.29 is 0 Å². The number of nitrogens with one attached hydrogen (secondary N) is 1. The van der Waals surface area contributed by atoms with Crippen molar-refractivity contribution in [1.29, 1.82) is 0 Å². The fourth-order valence-corrected chi connectivity index (χ4v) is 4.50. The summed E-state index contributed by atoms with van der Waals surface area (Å²) in [4.78, 5) is 0. The third-order valence-corrected chi connectivity index (χ3v) is 5.62. The number of hydrogen-bond acceptors (Lipinski definition) is 3. The first-order valence-electron chi connectivity index (χ1n) is 6.29. The average molecular weight is 267 g/mol. The molecule has 0 unspecified atom stereocenters. The van der Waals surface area contributed by atoms with Crippen LogP contribution in [0.4, 0.5) is 0 Å². The monoisotopic (exact) mass is 267 g/mol. The van der Waals surface area contributed by atoms with Gasteiger partial charge in [0.15, 0.2) is 0 Å². The molecule has 2 rings (SSSR count). The third-order valence-electron chi connectivity index (χ3n) is 3.10. The minimum atomic E-state index is 0.705. The van der Waals surface area contributed by atoms with Gasteiger partial charge in [0.2, 0.25) is 0 Å². The fraction of sp³-hybridized carbons (Fsp3) is 0.571. The maximum absolute atomic E-state index is 3.70. The van der Waals surface area contributed by atoms with Gasteiger partial charge in [-0.25, -0.2) is 0 Å². The molecule has 1 aliphatic heterocycles. The lowest BCUT2D eigenvalue weighted by atomic mass is 10.1. The van der Waals surface area contributed by atoms with Crippen molar-refractivity contribution in [3.63, 3.8) is 0 Å². The molecule has 1 aromatic carbocycles. The van der Waals surface area contributed by atoms with E-state index in [1.165, 1.54) is 34.1 Å². The van der Waals surface area contributed by atoms with Crippen LogP contribution < -0.4 is 5.32 Å². The van der Waals surface area contributed by atoms with Crippen molar-refractivity contribution >= 4 is 23.5 Å². The predicted molar refractivity (Wildman–Crippen MR) is 81.3 cm³/mol. The summed E-state index contributed by atoms with van der Waals surface area (Å²) in [5, 5.41) is 3.70. The summed E-state index contributed by atoms with van der Waals surface area (Å²) in [6.07, 6.45) is 1.15. The maximum Gasteiger partial charge on any atom is 0.0248 e. The Balaban J connectivity index is 1.73. The summed E-state index contributed by atoms with van der Waals surface area (Å²) in [6, 6.07) is 9.40. The molecule has 0 spiro atoms. The van der Waals surface area contributed by atoms with Gasteiger partial charge in [0.05, 0.1) is 0 Å². The normalized spacial score (nSPS) is 17.9. The molecule has 0 radical (unpaired) electrons. The van der Waals surface area contributed by atoms with Gasteiger partial charge in [-0.2, -0.15) is 23.5 Å². The minimum absolute atomic E-state index is 0.705. The van der Waals surface area contributed by atoms with Gasteiger partial charge < -0.3 is 5.32 Å². The Kier molecular flexibility index (Phi) is 5.75. The smallest absolute Gasteiger partial charge is 0.0248 e. The van der Waals surface area contributed by atoms with Gasteiger partial charge in [0, 0.05) is 29.1 Å². The Hall–Kier alpha value is -0.120. The van der Waals surface area contributed by atoms with Crippen LogP contribution in [-0.4, -0.2) is 35.6 Å². The molecule has 1 N–H and O–H groups in total. The topological polar surface area (TPSA) is 12.0 Å². The van der Waals surface area contributed by atoms with E-state index in [2.05, 4.69) is 60.0 Å². The Morgan fingerprint density at radius 2 is 1.88 bits per heavy atom. The Labute approximate surface area is 113 Å². The summed E-state index contributed by atoms with van der Waals surface area (Å²) in [5.74, 6) is 5.20. The second-order valence-corrected chi connectivity index (χ2v) is 6.78. The van der Waals surface area contributed by atoms with Crippen LogP contribution in [0.3, 0.4) is 0 Å². The number of rotatable bonds is 4. The molecule has 1 saturated heterocycles. The summed E-state index contributed by atoms with van der Waals surface area (Å²) >= 11 is 4.18. The average Bonchev–Trinajstić information content (AvgIpc) is 2.60. The quantitative estimate of drug-likeness (QED) is 0.901. The fourth-order valence-electron chi connectivity index (χ4n) is 2.04. The van der Waals surface area contributed by atoms with E-state index in [0.717, 1.165) is 13.0 Å². The summed E-state index contributed by atoms with van der Waals surface area (Å²) < 4.78 is 0. The first-order chi connectivity index (χ1) is 8.36. The van der Waals surface area contributed by atoms with Gasteiger partial charge in [-0.3, -0.25) is 0 Å². The zero-order valence-corrected chi connectivity index (χ0v) is 12.1. The largest absolute Gasteiger partial charge is 0.312 e. The lowest BCUT2D eigenvalue weighted by Crippen LogP contribution is -2.34. The van der Waals surface area contributed by atoms with Crippen LogP contribution in [0.1, 0.15) is 11.1 Å². The van der Waals surface area contributed by atoms with Crippen LogP contribution >= 0.6 is 23.5 Å². The highest BCUT2D eigenvalue weighted by Crippen LogP contribution is 2.16. The van der Waals surface area contributed by atoms with Gasteiger partial charge in [0.25, 0.3) is 0 Å². The first-order valence-corrected chi connectivity index (χ1v) is 8.60. The molecule has 94 valence electrons. The molecular formula is C14H21NS2. The van der Waals surface area contributed by atoms with Crippen molar-refractivity contribution in [3.8, 4) is 0 Å². The molecule has 1 heterocycles. The molecule has 0 aliphatic carbocycles.